The molecule has 7 rings (SSSR count). The zero-order chi connectivity index (χ0) is 28.8. The van der Waals surface area contributed by atoms with Crippen LogP contribution in [0.2, 0.25) is 5.15 Å². The molecule has 222 valence electrons. The second kappa shape index (κ2) is 9.49. The highest BCUT2D eigenvalue weighted by Crippen LogP contribution is 2.47. The SMILES string of the molecule is C[C@H]1C[C@H]2[C@@H]3CC[C@H](CN2c2nc(OC[C@@]45CCCN4C[C@H](F)C5)nc4c(F)c(Cl)nc1c24)N3C(=O)OC(C)(C)C. The zero-order valence-corrected chi connectivity index (χ0v) is 24.8. The quantitative estimate of drug-likeness (QED) is 0.449. The smallest absolute Gasteiger partial charge is 0.410 e. The number of amides is 1. The summed E-state index contributed by atoms with van der Waals surface area (Å²) in [7, 11) is 0. The van der Waals surface area contributed by atoms with Crippen LogP contribution in [0.25, 0.3) is 10.9 Å². The first kappa shape index (κ1) is 27.3. The summed E-state index contributed by atoms with van der Waals surface area (Å²) in [5, 5.41) is 0.313. The van der Waals surface area contributed by atoms with E-state index >= 15 is 4.39 Å². The van der Waals surface area contributed by atoms with Gasteiger partial charge in [-0.2, -0.15) is 9.97 Å². The van der Waals surface area contributed by atoms with Gasteiger partial charge in [0.2, 0.25) is 0 Å². The number of piperazine rings is 1. The molecule has 2 aromatic rings. The fourth-order valence-corrected chi connectivity index (χ4v) is 8.23. The Hall–Kier alpha value is -2.53. The van der Waals surface area contributed by atoms with Gasteiger partial charge in [-0.15, -0.1) is 0 Å². The van der Waals surface area contributed by atoms with Crippen molar-refractivity contribution in [2.45, 2.75) is 108 Å². The van der Waals surface area contributed by atoms with Crippen molar-refractivity contribution in [2.24, 2.45) is 0 Å². The van der Waals surface area contributed by atoms with Crippen LogP contribution in [0, 0.1) is 5.82 Å². The number of halogens is 3. The van der Waals surface area contributed by atoms with Crippen LogP contribution in [0.3, 0.4) is 0 Å². The number of aromatic nitrogens is 3. The van der Waals surface area contributed by atoms with Crippen molar-refractivity contribution in [3.05, 3.63) is 16.7 Å². The molecule has 41 heavy (non-hydrogen) atoms. The van der Waals surface area contributed by atoms with E-state index in [2.05, 4.69) is 19.8 Å². The monoisotopic (exact) mass is 590 g/mol. The number of rotatable bonds is 3. The Morgan fingerprint density at radius 1 is 1.17 bits per heavy atom. The van der Waals surface area contributed by atoms with E-state index in [9.17, 15) is 9.18 Å². The van der Waals surface area contributed by atoms with Gasteiger partial charge in [-0.05, 0) is 59.4 Å². The molecule has 1 amide bonds. The molecular weight excluding hydrogens is 554 g/mol. The largest absolute Gasteiger partial charge is 0.461 e. The molecule has 0 spiro atoms. The standard InChI is InChI=1S/C29H37ClF2N6O3/c1-15-10-19-18-7-6-17(38(18)27(39)41-28(2,3)4)13-37(19)25-20-22(15)33-24(30)21(32)23(20)34-26(35-25)40-14-29-8-5-9-36(29)12-16(31)11-29/h15-19H,5-14H2,1-4H3/t15-,16+,17+,18-,19-,29-/m0/s1. The lowest BCUT2D eigenvalue weighted by Gasteiger charge is -2.47. The number of hydrogen-bond donors (Lipinski definition) is 0. The number of ether oxygens (including phenoxy) is 2. The third kappa shape index (κ3) is 4.40. The summed E-state index contributed by atoms with van der Waals surface area (Å²) in [4.78, 5) is 33.5. The first-order chi connectivity index (χ1) is 19.4. The Morgan fingerprint density at radius 2 is 1.98 bits per heavy atom. The van der Waals surface area contributed by atoms with Gasteiger partial charge in [-0.3, -0.25) is 9.80 Å². The van der Waals surface area contributed by atoms with Crippen molar-refractivity contribution < 1.29 is 23.0 Å². The van der Waals surface area contributed by atoms with Gasteiger partial charge in [0.05, 0.1) is 34.7 Å². The van der Waals surface area contributed by atoms with Crippen molar-refractivity contribution in [1.29, 1.82) is 0 Å². The van der Waals surface area contributed by atoms with E-state index in [1.54, 1.807) is 0 Å². The fourth-order valence-electron chi connectivity index (χ4n) is 8.05. The number of hydrogen-bond acceptors (Lipinski definition) is 8. The van der Waals surface area contributed by atoms with Gasteiger partial charge in [-0.1, -0.05) is 18.5 Å². The van der Waals surface area contributed by atoms with Crippen LogP contribution < -0.4 is 9.64 Å². The summed E-state index contributed by atoms with van der Waals surface area (Å²) in [6, 6.07) is -0.169. The maximum atomic E-state index is 15.6. The highest BCUT2D eigenvalue weighted by atomic mass is 35.5. The first-order valence-corrected chi connectivity index (χ1v) is 15.2. The molecule has 2 bridgehead atoms. The Labute approximate surface area is 243 Å². The molecule has 9 nitrogen and oxygen atoms in total. The van der Waals surface area contributed by atoms with E-state index < -0.39 is 17.6 Å². The van der Waals surface area contributed by atoms with Crippen molar-refractivity contribution in [3.63, 3.8) is 0 Å². The van der Waals surface area contributed by atoms with Crippen molar-refractivity contribution in [3.8, 4) is 6.01 Å². The van der Waals surface area contributed by atoms with Crippen LogP contribution in [0.1, 0.15) is 77.8 Å². The highest BCUT2D eigenvalue weighted by Gasteiger charge is 2.52. The van der Waals surface area contributed by atoms with E-state index in [1.165, 1.54) is 0 Å². The molecule has 4 saturated heterocycles. The van der Waals surface area contributed by atoms with E-state index in [-0.39, 0.29) is 59.0 Å². The molecule has 5 aliphatic rings. The van der Waals surface area contributed by atoms with E-state index in [4.69, 9.17) is 26.1 Å². The van der Waals surface area contributed by atoms with Crippen LogP contribution in [-0.2, 0) is 4.74 Å². The van der Waals surface area contributed by atoms with Crippen LogP contribution >= 0.6 is 11.6 Å². The van der Waals surface area contributed by atoms with E-state index in [0.29, 0.717) is 42.8 Å². The minimum absolute atomic E-state index is 0.0540. The van der Waals surface area contributed by atoms with Crippen LogP contribution in [-0.4, -0.2) is 92.5 Å². The van der Waals surface area contributed by atoms with Gasteiger partial charge in [0.25, 0.3) is 0 Å². The Kier molecular flexibility index (Phi) is 6.32. The summed E-state index contributed by atoms with van der Waals surface area (Å²) < 4.78 is 42.0. The van der Waals surface area contributed by atoms with Crippen molar-refractivity contribution in [2.75, 3.05) is 31.1 Å². The normalized spacial score (nSPS) is 32.7. The Morgan fingerprint density at radius 3 is 2.76 bits per heavy atom. The fraction of sp³-hybridized carbons (Fsp3) is 0.724. The maximum absolute atomic E-state index is 15.6. The number of anilines is 1. The first-order valence-electron chi connectivity index (χ1n) is 14.8. The molecule has 6 atom stereocenters. The number of pyridine rings is 1. The lowest BCUT2D eigenvalue weighted by molar-refractivity contribution is 0.00692. The van der Waals surface area contributed by atoms with Crippen molar-refractivity contribution in [1.82, 2.24) is 24.8 Å². The second-order valence-electron chi connectivity index (χ2n) is 13.6. The van der Waals surface area contributed by atoms with Crippen molar-refractivity contribution >= 4 is 34.4 Å². The third-order valence-electron chi connectivity index (χ3n) is 9.70. The molecule has 12 heteroatoms. The van der Waals surface area contributed by atoms with E-state index in [0.717, 1.165) is 32.2 Å². The van der Waals surface area contributed by atoms with Gasteiger partial charge in [0, 0.05) is 25.4 Å². The number of carbonyl (C=O) groups excluding carboxylic acids is 1. The molecule has 0 radical (unpaired) electrons. The summed E-state index contributed by atoms with van der Waals surface area (Å²) in [6.07, 6.45) is 3.45. The van der Waals surface area contributed by atoms with Gasteiger partial charge in [-0.25, -0.2) is 18.6 Å². The average Bonchev–Trinajstić information content (AvgIpc) is 3.51. The highest BCUT2D eigenvalue weighted by molar-refractivity contribution is 6.30. The number of alkyl halides is 1. The lowest BCUT2D eigenvalue weighted by atomic mass is 9.92. The molecule has 0 saturated carbocycles. The predicted octanol–water partition coefficient (Wildman–Crippen LogP) is 5.24. The second-order valence-corrected chi connectivity index (χ2v) is 13.9. The van der Waals surface area contributed by atoms with Gasteiger partial charge in [0.1, 0.15) is 29.7 Å². The van der Waals surface area contributed by atoms with Gasteiger partial charge < -0.3 is 14.4 Å². The minimum atomic E-state index is -0.884. The third-order valence-corrected chi connectivity index (χ3v) is 9.95. The predicted molar refractivity (Wildman–Crippen MR) is 150 cm³/mol. The summed E-state index contributed by atoms with van der Waals surface area (Å²) in [5.41, 5.74) is -0.246. The van der Waals surface area contributed by atoms with Gasteiger partial charge >= 0.3 is 12.1 Å². The molecular formula is C29H37ClF2N6O3. The molecule has 0 N–H and O–H groups in total. The summed E-state index contributed by atoms with van der Waals surface area (Å²) in [5.74, 6) is -0.220. The molecule has 0 aromatic carbocycles. The van der Waals surface area contributed by atoms with Crippen LogP contribution in [0.4, 0.5) is 19.4 Å². The molecule has 7 heterocycles. The van der Waals surface area contributed by atoms with Gasteiger partial charge in [0.15, 0.2) is 11.0 Å². The zero-order valence-electron chi connectivity index (χ0n) is 24.0. The van der Waals surface area contributed by atoms with Crippen LogP contribution in [0.5, 0.6) is 6.01 Å². The minimum Gasteiger partial charge on any atom is -0.461 e. The topological polar surface area (TPSA) is 83.9 Å². The maximum Gasteiger partial charge on any atom is 0.410 e. The Balaban J connectivity index is 1.28. The summed E-state index contributed by atoms with van der Waals surface area (Å²) >= 11 is 6.31. The molecule has 5 aliphatic heterocycles. The van der Waals surface area contributed by atoms with E-state index in [1.807, 2.05) is 32.6 Å². The average molecular weight is 591 g/mol. The number of carbonyl (C=O) groups is 1. The lowest BCUT2D eigenvalue weighted by Crippen LogP contribution is -2.62. The molecule has 0 unspecified atom stereocenters. The number of fused-ring (bicyclic) bond motifs is 6. The number of nitrogens with zero attached hydrogens (tertiary/aromatic N) is 6. The van der Waals surface area contributed by atoms with Crippen LogP contribution in [0.15, 0.2) is 0 Å². The molecule has 2 aromatic heterocycles. The molecule has 0 aliphatic carbocycles. The summed E-state index contributed by atoms with van der Waals surface area (Å²) in [6.45, 7) is 9.70. The molecule has 4 fully saturated rings. The Bertz CT molecular complexity index is 1410.